The fourth-order valence-corrected chi connectivity index (χ4v) is 3.82. The van der Waals surface area contributed by atoms with Gasteiger partial charge in [-0.3, -0.25) is 14.6 Å². The molecule has 0 bridgehead atoms. The Bertz CT molecular complexity index is 509. The molecule has 1 unspecified atom stereocenters. The van der Waals surface area contributed by atoms with Crippen LogP contribution >= 0.6 is 0 Å². The number of hydrogen-bond donors (Lipinski definition) is 1. The molecule has 1 N–H and O–H groups in total. The van der Waals surface area contributed by atoms with Crippen molar-refractivity contribution in [1.82, 2.24) is 19.4 Å². The molecule has 2 aliphatic rings. The zero-order valence-corrected chi connectivity index (χ0v) is 13.5. The third-order valence-electron chi connectivity index (χ3n) is 5.20. The van der Waals surface area contributed by atoms with Gasteiger partial charge in [0.1, 0.15) is 5.82 Å². The van der Waals surface area contributed by atoms with E-state index in [1.165, 1.54) is 25.7 Å². The molecule has 3 rings (SSSR count). The molecule has 0 radical (unpaired) electrons. The minimum Gasteiger partial charge on any atom is -0.480 e. The molecule has 0 amide bonds. The van der Waals surface area contributed by atoms with Crippen LogP contribution < -0.4 is 0 Å². The summed E-state index contributed by atoms with van der Waals surface area (Å²) in [6.07, 6.45) is 7.15. The molecule has 1 aromatic rings. The number of rotatable bonds is 4. The van der Waals surface area contributed by atoms with Crippen LogP contribution in [0.25, 0.3) is 0 Å². The van der Waals surface area contributed by atoms with Gasteiger partial charge in [0.05, 0.1) is 5.69 Å². The van der Waals surface area contributed by atoms with Gasteiger partial charge >= 0.3 is 5.97 Å². The Morgan fingerprint density at radius 3 is 2.41 bits per heavy atom. The first-order valence-electron chi connectivity index (χ1n) is 8.27. The molecule has 0 aromatic carbocycles. The van der Waals surface area contributed by atoms with Crippen molar-refractivity contribution >= 4 is 5.97 Å². The first-order chi connectivity index (χ1) is 10.6. The molecule has 1 aliphatic carbocycles. The standard InChI is InChI=1S/C16H26N4O2/c1-12-17-14(11-18(12)2)15(16(21)22)20-9-7-19(8-10-20)13-5-3-4-6-13/h11,13,15H,3-10H2,1-2H3,(H,21,22). The van der Waals surface area contributed by atoms with Crippen molar-refractivity contribution in [3.05, 3.63) is 17.7 Å². The number of aryl methyl sites for hydroxylation is 2. The van der Waals surface area contributed by atoms with Crippen molar-refractivity contribution in [2.75, 3.05) is 26.2 Å². The van der Waals surface area contributed by atoms with Crippen LogP contribution in [-0.4, -0.2) is 62.6 Å². The van der Waals surface area contributed by atoms with E-state index in [1.54, 1.807) is 0 Å². The Hall–Kier alpha value is -1.40. The van der Waals surface area contributed by atoms with Gasteiger partial charge in [0, 0.05) is 45.5 Å². The number of aliphatic carboxylic acids is 1. The van der Waals surface area contributed by atoms with E-state index >= 15 is 0 Å². The molecule has 2 fully saturated rings. The quantitative estimate of drug-likeness (QED) is 0.911. The maximum atomic E-state index is 11.8. The Kier molecular flexibility index (Phi) is 4.49. The van der Waals surface area contributed by atoms with E-state index in [9.17, 15) is 9.90 Å². The first kappa shape index (κ1) is 15.5. The van der Waals surface area contributed by atoms with Crippen LogP contribution in [0.1, 0.15) is 43.2 Å². The number of carboxylic acids is 1. The fraction of sp³-hybridized carbons (Fsp3) is 0.750. The second-order valence-electron chi connectivity index (χ2n) is 6.57. The predicted octanol–water partition coefficient (Wildman–Crippen LogP) is 1.41. The van der Waals surface area contributed by atoms with Gasteiger partial charge in [-0.2, -0.15) is 0 Å². The van der Waals surface area contributed by atoms with Crippen molar-refractivity contribution in [2.45, 2.75) is 44.7 Å². The van der Waals surface area contributed by atoms with E-state index < -0.39 is 12.0 Å². The number of nitrogens with zero attached hydrogens (tertiary/aromatic N) is 4. The summed E-state index contributed by atoms with van der Waals surface area (Å²) in [5.41, 5.74) is 0.654. The number of imidazole rings is 1. The summed E-state index contributed by atoms with van der Waals surface area (Å²) in [5, 5.41) is 9.65. The average molecular weight is 306 g/mol. The zero-order chi connectivity index (χ0) is 15.7. The van der Waals surface area contributed by atoms with Crippen molar-refractivity contribution in [3.63, 3.8) is 0 Å². The lowest BCUT2D eigenvalue weighted by atomic mass is 10.1. The van der Waals surface area contributed by atoms with E-state index in [4.69, 9.17) is 0 Å². The van der Waals surface area contributed by atoms with Gasteiger partial charge in [-0.25, -0.2) is 4.98 Å². The van der Waals surface area contributed by atoms with Gasteiger partial charge < -0.3 is 9.67 Å². The average Bonchev–Trinajstić information content (AvgIpc) is 3.11. The Labute approximate surface area is 131 Å². The lowest BCUT2D eigenvalue weighted by Gasteiger charge is -2.39. The maximum Gasteiger partial charge on any atom is 0.327 e. The number of carbonyl (C=O) groups is 1. The van der Waals surface area contributed by atoms with E-state index in [-0.39, 0.29) is 0 Å². The normalized spacial score (nSPS) is 23.0. The molecule has 6 heteroatoms. The van der Waals surface area contributed by atoms with Gasteiger partial charge in [0.15, 0.2) is 6.04 Å². The molecule has 1 aliphatic heterocycles. The van der Waals surface area contributed by atoms with Gasteiger partial charge in [0.2, 0.25) is 0 Å². The molecule has 1 atom stereocenters. The molecular weight excluding hydrogens is 280 g/mol. The van der Waals surface area contributed by atoms with Gasteiger partial charge in [0.25, 0.3) is 0 Å². The highest BCUT2D eigenvalue weighted by Crippen LogP contribution is 2.27. The number of aromatic nitrogens is 2. The summed E-state index contributed by atoms with van der Waals surface area (Å²) in [5.74, 6) is 0.0539. The minimum atomic E-state index is -0.799. The van der Waals surface area contributed by atoms with Crippen LogP contribution in [0.3, 0.4) is 0 Å². The highest BCUT2D eigenvalue weighted by atomic mass is 16.4. The Morgan fingerprint density at radius 1 is 1.27 bits per heavy atom. The summed E-state index contributed by atoms with van der Waals surface area (Å²) in [4.78, 5) is 20.8. The van der Waals surface area contributed by atoms with E-state index in [0.717, 1.165) is 38.0 Å². The topological polar surface area (TPSA) is 61.6 Å². The number of hydrogen-bond acceptors (Lipinski definition) is 4. The lowest BCUT2D eigenvalue weighted by molar-refractivity contribution is -0.144. The number of carboxylic acid groups (broad SMARTS) is 1. The predicted molar refractivity (Wildman–Crippen MR) is 83.7 cm³/mol. The molecule has 0 spiro atoms. The Morgan fingerprint density at radius 2 is 1.91 bits per heavy atom. The summed E-state index contributed by atoms with van der Waals surface area (Å²) in [6.45, 7) is 5.47. The molecule has 122 valence electrons. The summed E-state index contributed by atoms with van der Waals surface area (Å²) < 4.78 is 1.89. The zero-order valence-electron chi connectivity index (χ0n) is 13.5. The second kappa shape index (κ2) is 6.38. The molecule has 2 heterocycles. The summed E-state index contributed by atoms with van der Waals surface area (Å²) in [7, 11) is 1.91. The van der Waals surface area contributed by atoms with Crippen molar-refractivity contribution in [1.29, 1.82) is 0 Å². The van der Waals surface area contributed by atoms with Crippen LogP contribution in [-0.2, 0) is 11.8 Å². The van der Waals surface area contributed by atoms with Crippen molar-refractivity contribution in [3.8, 4) is 0 Å². The van der Waals surface area contributed by atoms with E-state index in [1.807, 2.05) is 24.7 Å². The molecule has 1 saturated carbocycles. The summed E-state index contributed by atoms with van der Waals surface area (Å²) in [6, 6.07) is 0.105. The highest BCUT2D eigenvalue weighted by Gasteiger charge is 2.34. The largest absolute Gasteiger partial charge is 0.480 e. The Balaban J connectivity index is 1.67. The van der Waals surface area contributed by atoms with Crippen molar-refractivity contribution in [2.24, 2.45) is 7.05 Å². The third kappa shape index (κ3) is 3.03. The van der Waals surface area contributed by atoms with Crippen LogP contribution in [0.4, 0.5) is 0 Å². The van der Waals surface area contributed by atoms with Crippen LogP contribution in [0.2, 0.25) is 0 Å². The second-order valence-corrected chi connectivity index (χ2v) is 6.57. The SMILES string of the molecule is Cc1nc(C(C(=O)O)N2CCN(C3CCCC3)CC2)cn1C. The molecular formula is C16H26N4O2. The van der Waals surface area contributed by atoms with Crippen LogP contribution in [0.15, 0.2) is 6.20 Å². The fourth-order valence-electron chi connectivity index (χ4n) is 3.82. The first-order valence-corrected chi connectivity index (χ1v) is 8.27. The van der Waals surface area contributed by atoms with Crippen LogP contribution in [0, 0.1) is 6.92 Å². The third-order valence-corrected chi connectivity index (χ3v) is 5.20. The van der Waals surface area contributed by atoms with E-state index in [2.05, 4.69) is 14.8 Å². The van der Waals surface area contributed by atoms with Crippen LogP contribution in [0.5, 0.6) is 0 Å². The maximum absolute atomic E-state index is 11.8. The number of piperazine rings is 1. The molecule has 22 heavy (non-hydrogen) atoms. The highest BCUT2D eigenvalue weighted by molar-refractivity contribution is 5.74. The van der Waals surface area contributed by atoms with Gasteiger partial charge in [-0.05, 0) is 19.8 Å². The molecule has 1 saturated heterocycles. The summed E-state index contributed by atoms with van der Waals surface area (Å²) >= 11 is 0. The monoisotopic (exact) mass is 306 g/mol. The lowest BCUT2D eigenvalue weighted by Crippen LogP contribution is -2.51. The van der Waals surface area contributed by atoms with Gasteiger partial charge in [-0.15, -0.1) is 0 Å². The van der Waals surface area contributed by atoms with E-state index in [0.29, 0.717) is 5.69 Å². The molecule has 6 nitrogen and oxygen atoms in total. The van der Waals surface area contributed by atoms with Gasteiger partial charge in [-0.1, -0.05) is 12.8 Å². The van der Waals surface area contributed by atoms with Crippen molar-refractivity contribution < 1.29 is 9.90 Å². The smallest absolute Gasteiger partial charge is 0.327 e. The minimum absolute atomic E-state index is 0.620. The molecule has 1 aromatic heterocycles.